The van der Waals surface area contributed by atoms with Crippen LogP contribution in [0.4, 0.5) is 15.8 Å². The van der Waals surface area contributed by atoms with Crippen molar-refractivity contribution in [1.82, 2.24) is 0 Å². The Balaban J connectivity index is 2.07. The summed E-state index contributed by atoms with van der Waals surface area (Å²) < 4.78 is 14.1. The smallest absolute Gasteiger partial charge is 0.231 e. The molecular formula is C16H22FN3O. The Morgan fingerprint density at radius 1 is 1.43 bits per heavy atom. The Kier molecular flexibility index (Phi) is 4.63. The van der Waals surface area contributed by atoms with E-state index >= 15 is 0 Å². The van der Waals surface area contributed by atoms with Gasteiger partial charge in [-0.2, -0.15) is 0 Å². The summed E-state index contributed by atoms with van der Waals surface area (Å²) in [6, 6.07) is 4.88. The summed E-state index contributed by atoms with van der Waals surface area (Å²) >= 11 is 0. The second kappa shape index (κ2) is 6.26. The number of benzene rings is 1. The van der Waals surface area contributed by atoms with Crippen molar-refractivity contribution >= 4 is 17.3 Å². The van der Waals surface area contributed by atoms with Crippen LogP contribution in [-0.2, 0) is 4.79 Å². The summed E-state index contributed by atoms with van der Waals surface area (Å²) in [6.45, 7) is 3.98. The van der Waals surface area contributed by atoms with Crippen LogP contribution >= 0.6 is 0 Å². The number of rotatable bonds is 4. The lowest BCUT2D eigenvalue weighted by Crippen LogP contribution is -2.27. The molecule has 0 saturated carbocycles. The van der Waals surface area contributed by atoms with Gasteiger partial charge < -0.3 is 16.0 Å². The molecule has 2 atom stereocenters. The molecule has 114 valence electrons. The summed E-state index contributed by atoms with van der Waals surface area (Å²) in [7, 11) is 1.84. The molecule has 5 heteroatoms. The molecule has 2 unspecified atom stereocenters. The minimum atomic E-state index is -0.345. The van der Waals surface area contributed by atoms with E-state index in [9.17, 15) is 9.18 Å². The van der Waals surface area contributed by atoms with Gasteiger partial charge in [-0.25, -0.2) is 4.39 Å². The first-order chi connectivity index (χ1) is 9.88. The Bertz CT molecular complexity index is 556. The fourth-order valence-electron chi connectivity index (χ4n) is 2.31. The van der Waals surface area contributed by atoms with Crippen molar-refractivity contribution in [3.05, 3.63) is 36.2 Å². The van der Waals surface area contributed by atoms with Gasteiger partial charge in [-0.3, -0.25) is 4.79 Å². The zero-order valence-corrected chi connectivity index (χ0v) is 12.6. The van der Waals surface area contributed by atoms with E-state index in [0.717, 1.165) is 0 Å². The summed E-state index contributed by atoms with van der Waals surface area (Å²) in [5.74, 6) is -0.729. The number of nitrogens with zero attached hydrogens (tertiary/aromatic N) is 1. The van der Waals surface area contributed by atoms with E-state index in [1.54, 1.807) is 18.2 Å². The molecule has 21 heavy (non-hydrogen) atoms. The Morgan fingerprint density at radius 3 is 2.67 bits per heavy atom. The van der Waals surface area contributed by atoms with Crippen molar-refractivity contribution in [2.75, 3.05) is 17.3 Å². The molecule has 0 aromatic heterocycles. The average molecular weight is 291 g/mol. The highest BCUT2D eigenvalue weighted by Gasteiger charge is 2.23. The van der Waals surface area contributed by atoms with Crippen LogP contribution in [-0.4, -0.2) is 25.0 Å². The van der Waals surface area contributed by atoms with E-state index in [4.69, 9.17) is 5.73 Å². The maximum Gasteiger partial charge on any atom is 0.231 e. The summed E-state index contributed by atoms with van der Waals surface area (Å²) in [6.07, 6.45) is 4.23. The molecule has 1 amide bonds. The predicted octanol–water partition coefficient (Wildman–Crippen LogP) is 2.51. The number of nitrogens with one attached hydrogen (secondary N) is 1. The molecule has 1 aromatic carbocycles. The molecule has 0 saturated heterocycles. The SMILES string of the molecule is CC(C)N(C)c1ccc(NC(=O)C2C=CC(N)C2)cc1F. The standard InChI is InChI=1S/C16H22FN3O/c1-10(2)20(3)15-7-6-13(9-14(15)17)19-16(21)11-4-5-12(18)8-11/h4-7,9-12H,8,18H2,1-3H3,(H,19,21). The van der Waals surface area contributed by atoms with Crippen LogP contribution in [0.2, 0.25) is 0 Å². The number of nitrogens with two attached hydrogens (primary N) is 1. The van der Waals surface area contributed by atoms with Gasteiger partial charge in [-0.05, 0) is 38.5 Å². The lowest BCUT2D eigenvalue weighted by molar-refractivity contribution is -0.118. The third-order valence-corrected chi connectivity index (χ3v) is 3.82. The van der Waals surface area contributed by atoms with Crippen molar-refractivity contribution in [3.8, 4) is 0 Å². The van der Waals surface area contributed by atoms with Gasteiger partial charge in [0, 0.05) is 24.8 Å². The number of halogens is 1. The maximum absolute atomic E-state index is 14.1. The van der Waals surface area contributed by atoms with E-state index < -0.39 is 0 Å². The van der Waals surface area contributed by atoms with E-state index in [-0.39, 0.29) is 29.7 Å². The topological polar surface area (TPSA) is 58.4 Å². The first-order valence-corrected chi connectivity index (χ1v) is 7.15. The molecular weight excluding hydrogens is 269 g/mol. The van der Waals surface area contributed by atoms with Gasteiger partial charge in [0.1, 0.15) is 5.82 Å². The monoisotopic (exact) mass is 291 g/mol. The van der Waals surface area contributed by atoms with Gasteiger partial charge >= 0.3 is 0 Å². The summed E-state index contributed by atoms with van der Waals surface area (Å²) in [5, 5.41) is 2.74. The minimum absolute atomic E-state index is 0.0699. The van der Waals surface area contributed by atoms with Gasteiger partial charge in [-0.1, -0.05) is 12.2 Å². The van der Waals surface area contributed by atoms with E-state index in [2.05, 4.69) is 5.32 Å². The summed E-state index contributed by atoms with van der Waals surface area (Å²) in [4.78, 5) is 13.9. The second-order valence-electron chi connectivity index (χ2n) is 5.75. The molecule has 0 fully saturated rings. The first-order valence-electron chi connectivity index (χ1n) is 7.15. The van der Waals surface area contributed by atoms with Crippen LogP contribution < -0.4 is 16.0 Å². The molecule has 2 rings (SSSR count). The maximum atomic E-state index is 14.1. The zero-order valence-electron chi connectivity index (χ0n) is 12.6. The highest BCUT2D eigenvalue weighted by atomic mass is 19.1. The molecule has 0 spiro atoms. The quantitative estimate of drug-likeness (QED) is 0.838. The van der Waals surface area contributed by atoms with Crippen LogP contribution in [0, 0.1) is 11.7 Å². The highest BCUT2D eigenvalue weighted by Crippen LogP contribution is 2.24. The van der Waals surface area contributed by atoms with Crippen LogP contribution in [0.5, 0.6) is 0 Å². The number of carbonyl (C=O) groups is 1. The van der Waals surface area contributed by atoms with Crippen molar-refractivity contribution in [3.63, 3.8) is 0 Å². The van der Waals surface area contributed by atoms with Crippen molar-refractivity contribution < 1.29 is 9.18 Å². The third-order valence-electron chi connectivity index (χ3n) is 3.82. The van der Waals surface area contributed by atoms with Gasteiger partial charge in [-0.15, -0.1) is 0 Å². The lowest BCUT2D eigenvalue weighted by Gasteiger charge is -2.24. The van der Waals surface area contributed by atoms with Crippen molar-refractivity contribution in [2.24, 2.45) is 11.7 Å². The highest BCUT2D eigenvalue weighted by molar-refractivity contribution is 5.94. The molecule has 3 N–H and O–H groups in total. The van der Waals surface area contributed by atoms with Crippen LogP contribution in [0.15, 0.2) is 30.4 Å². The lowest BCUT2D eigenvalue weighted by atomic mass is 10.1. The fourth-order valence-corrected chi connectivity index (χ4v) is 2.31. The number of carbonyl (C=O) groups excluding carboxylic acids is 1. The van der Waals surface area contributed by atoms with Crippen LogP contribution in [0.3, 0.4) is 0 Å². The predicted molar refractivity (Wildman–Crippen MR) is 83.8 cm³/mol. The molecule has 0 radical (unpaired) electrons. The number of hydrogen-bond donors (Lipinski definition) is 2. The Morgan fingerprint density at radius 2 is 2.14 bits per heavy atom. The van der Waals surface area contributed by atoms with E-state index in [1.807, 2.05) is 31.9 Å². The molecule has 0 heterocycles. The number of amides is 1. The Labute approximate surface area is 124 Å². The molecule has 1 aromatic rings. The van der Waals surface area contributed by atoms with E-state index in [1.165, 1.54) is 6.07 Å². The molecule has 0 aliphatic heterocycles. The second-order valence-corrected chi connectivity index (χ2v) is 5.75. The summed E-state index contributed by atoms with van der Waals surface area (Å²) in [5.41, 5.74) is 6.71. The minimum Gasteiger partial charge on any atom is -0.370 e. The van der Waals surface area contributed by atoms with Gasteiger partial charge in [0.05, 0.1) is 11.6 Å². The van der Waals surface area contributed by atoms with Crippen LogP contribution in [0.25, 0.3) is 0 Å². The molecule has 4 nitrogen and oxygen atoms in total. The number of hydrogen-bond acceptors (Lipinski definition) is 3. The average Bonchev–Trinajstić information content (AvgIpc) is 2.85. The van der Waals surface area contributed by atoms with Crippen molar-refractivity contribution in [1.29, 1.82) is 0 Å². The number of anilines is 2. The molecule has 1 aliphatic rings. The fraction of sp³-hybridized carbons (Fsp3) is 0.438. The Hall–Kier alpha value is -1.88. The van der Waals surface area contributed by atoms with Crippen molar-refractivity contribution in [2.45, 2.75) is 32.4 Å². The first kappa shape index (κ1) is 15.5. The zero-order chi connectivity index (χ0) is 15.6. The van der Waals surface area contributed by atoms with E-state index in [0.29, 0.717) is 17.8 Å². The van der Waals surface area contributed by atoms with Gasteiger partial charge in [0.15, 0.2) is 0 Å². The third kappa shape index (κ3) is 3.61. The molecule has 0 bridgehead atoms. The largest absolute Gasteiger partial charge is 0.370 e. The molecule has 1 aliphatic carbocycles. The van der Waals surface area contributed by atoms with Gasteiger partial charge in [0.25, 0.3) is 0 Å². The normalized spacial score (nSPS) is 20.9. The van der Waals surface area contributed by atoms with Crippen LogP contribution in [0.1, 0.15) is 20.3 Å². The van der Waals surface area contributed by atoms with Gasteiger partial charge in [0.2, 0.25) is 5.91 Å².